The van der Waals surface area contributed by atoms with Crippen LogP contribution in [0.3, 0.4) is 0 Å². The van der Waals surface area contributed by atoms with E-state index >= 15 is 0 Å². The summed E-state index contributed by atoms with van der Waals surface area (Å²) in [5.41, 5.74) is 0.721. The third-order valence-electron chi connectivity index (χ3n) is 5.15. The Labute approximate surface area is 174 Å². The van der Waals surface area contributed by atoms with Gasteiger partial charge in [0.2, 0.25) is 5.88 Å². The second-order valence-corrected chi connectivity index (χ2v) is 8.62. The Morgan fingerprint density at radius 1 is 1.10 bits per heavy atom. The number of fused-ring (bicyclic) bond motifs is 1. The molecule has 1 aliphatic heterocycles. The number of benzene rings is 1. The van der Waals surface area contributed by atoms with Crippen molar-refractivity contribution in [1.29, 1.82) is 0 Å². The predicted octanol–water partition coefficient (Wildman–Crippen LogP) is 2.59. The zero-order chi connectivity index (χ0) is 22.3. The van der Waals surface area contributed by atoms with Crippen LogP contribution in [0.2, 0.25) is 0 Å². The number of nitro benzene ring substituents is 1. The van der Waals surface area contributed by atoms with Crippen LogP contribution in [0.15, 0.2) is 27.8 Å². The van der Waals surface area contributed by atoms with E-state index in [0.717, 1.165) is 23.3 Å². The van der Waals surface area contributed by atoms with Crippen LogP contribution in [0.1, 0.15) is 44.9 Å². The maximum Gasteiger partial charge on any atom is 0.333 e. The van der Waals surface area contributed by atoms with Crippen molar-refractivity contribution in [3.05, 3.63) is 60.3 Å². The standard InChI is InChI=1S/C21H28N4O5/c1-12(2)10-24(11-13(3)4)16-8-7-14(25(28)29)9-15(16)18-17-19(26)22(5)21(27)23(6)20(17)30-18/h7-9,12-13,18H,10-11H2,1-6H3. The Morgan fingerprint density at radius 2 is 1.70 bits per heavy atom. The first-order valence-corrected chi connectivity index (χ1v) is 10.0. The van der Waals surface area contributed by atoms with Gasteiger partial charge in [0, 0.05) is 50.6 Å². The van der Waals surface area contributed by atoms with Crippen LogP contribution < -0.4 is 20.9 Å². The Bertz CT molecular complexity index is 1090. The van der Waals surface area contributed by atoms with Crippen LogP contribution in [-0.2, 0) is 14.1 Å². The lowest BCUT2D eigenvalue weighted by molar-refractivity contribution is -0.384. The second kappa shape index (κ2) is 7.97. The van der Waals surface area contributed by atoms with E-state index in [-0.39, 0.29) is 11.6 Å². The Balaban J connectivity index is 2.19. The lowest BCUT2D eigenvalue weighted by Gasteiger charge is -2.36. The van der Waals surface area contributed by atoms with Crippen molar-refractivity contribution in [3.63, 3.8) is 0 Å². The van der Waals surface area contributed by atoms with Gasteiger partial charge in [-0.1, -0.05) is 27.7 Å². The predicted molar refractivity (Wildman–Crippen MR) is 114 cm³/mol. The molecule has 0 saturated heterocycles. The number of rotatable bonds is 7. The maximum atomic E-state index is 12.8. The molecule has 1 aromatic carbocycles. The van der Waals surface area contributed by atoms with E-state index in [9.17, 15) is 19.7 Å². The zero-order valence-corrected chi connectivity index (χ0v) is 18.2. The van der Waals surface area contributed by atoms with E-state index in [1.807, 2.05) is 0 Å². The Hall–Kier alpha value is -3.10. The molecule has 2 heterocycles. The maximum absolute atomic E-state index is 12.8. The summed E-state index contributed by atoms with van der Waals surface area (Å²) >= 11 is 0. The summed E-state index contributed by atoms with van der Waals surface area (Å²) in [7, 11) is 2.95. The van der Waals surface area contributed by atoms with Crippen molar-refractivity contribution < 1.29 is 9.66 Å². The van der Waals surface area contributed by atoms with Gasteiger partial charge in [-0.25, -0.2) is 4.79 Å². The van der Waals surface area contributed by atoms with Crippen LogP contribution in [0.25, 0.3) is 0 Å². The number of nitro groups is 1. The average Bonchev–Trinajstić information content (AvgIpc) is 2.63. The molecule has 0 bridgehead atoms. The van der Waals surface area contributed by atoms with Gasteiger partial charge in [0.15, 0.2) is 6.10 Å². The molecule has 162 valence electrons. The van der Waals surface area contributed by atoms with Crippen LogP contribution >= 0.6 is 0 Å². The Morgan fingerprint density at radius 3 is 2.23 bits per heavy atom. The monoisotopic (exact) mass is 416 g/mol. The second-order valence-electron chi connectivity index (χ2n) is 8.62. The largest absolute Gasteiger partial charge is 0.465 e. The summed E-state index contributed by atoms with van der Waals surface area (Å²) < 4.78 is 8.17. The molecule has 1 aliphatic rings. The van der Waals surface area contributed by atoms with Crippen molar-refractivity contribution in [1.82, 2.24) is 9.13 Å². The SMILES string of the molecule is CC(C)CN(CC(C)C)c1ccc([N+](=O)[O-])cc1C1Oc2c1c(=O)n(C)c(=O)n2C. The van der Waals surface area contributed by atoms with Gasteiger partial charge >= 0.3 is 5.69 Å². The molecular weight excluding hydrogens is 388 g/mol. The van der Waals surface area contributed by atoms with Crippen LogP contribution in [0.4, 0.5) is 11.4 Å². The van der Waals surface area contributed by atoms with Crippen molar-refractivity contribution in [2.45, 2.75) is 33.8 Å². The number of ether oxygens (including phenoxy) is 1. The highest BCUT2D eigenvalue weighted by molar-refractivity contribution is 5.62. The van der Waals surface area contributed by atoms with E-state index in [1.54, 1.807) is 6.07 Å². The molecule has 0 spiro atoms. The first kappa shape index (κ1) is 21.6. The third kappa shape index (κ3) is 3.71. The van der Waals surface area contributed by atoms with Gasteiger partial charge in [-0.3, -0.25) is 24.0 Å². The van der Waals surface area contributed by atoms with Crippen LogP contribution in [0, 0.1) is 22.0 Å². The van der Waals surface area contributed by atoms with Gasteiger partial charge in [-0.15, -0.1) is 0 Å². The molecule has 9 heteroatoms. The molecule has 0 fully saturated rings. The smallest absolute Gasteiger partial charge is 0.333 e. The number of non-ortho nitro benzene ring substituents is 1. The highest BCUT2D eigenvalue weighted by Gasteiger charge is 2.39. The highest BCUT2D eigenvalue weighted by atomic mass is 16.6. The number of hydrogen-bond donors (Lipinski definition) is 0. The lowest BCUT2D eigenvalue weighted by Crippen LogP contribution is -2.45. The molecular formula is C21H28N4O5. The molecule has 9 nitrogen and oxygen atoms in total. The molecule has 1 atom stereocenters. The summed E-state index contributed by atoms with van der Waals surface area (Å²) in [4.78, 5) is 38.1. The first-order valence-electron chi connectivity index (χ1n) is 10.0. The minimum Gasteiger partial charge on any atom is -0.465 e. The van der Waals surface area contributed by atoms with E-state index in [4.69, 9.17) is 4.74 Å². The van der Waals surface area contributed by atoms with E-state index in [1.165, 1.54) is 30.8 Å². The highest BCUT2D eigenvalue weighted by Crippen LogP contribution is 2.44. The molecule has 1 aromatic heterocycles. The fourth-order valence-electron chi connectivity index (χ4n) is 3.86. The quantitative estimate of drug-likeness (QED) is 0.508. The van der Waals surface area contributed by atoms with Crippen LogP contribution in [-0.4, -0.2) is 27.1 Å². The minimum atomic E-state index is -0.762. The fraction of sp³-hybridized carbons (Fsp3) is 0.524. The van der Waals surface area contributed by atoms with Gasteiger partial charge in [-0.05, 0) is 17.9 Å². The summed E-state index contributed by atoms with van der Waals surface area (Å²) in [6.45, 7) is 9.96. The number of hydrogen-bond acceptors (Lipinski definition) is 6. The molecule has 0 saturated carbocycles. The molecule has 0 aliphatic carbocycles. The van der Waals surface area contributed by atoms with Gasteiger partial charge in [0.05, 0.1) is 4.92 Å². The third-order valence-corrected chi connectivity index (χ3v) is 5.15. The molecule has 3 rings (SSSR count). The minimum absolute atomic E-state index is 0.0681. The summed E-state index contributed by atoms with van der Waals surface area (Å²) in [6.07, 6.45) is -0.762. The number of anilines is 1. The zero-order valence-electron chi connectivity index (χ0n) is 18.2. The molecule has 30 heavy (non-hydrogen) atoms. The normalized spacial score (nSPS) is 15.0. The summed E-state index contributed by atoms with van der Waals surface area (Å²) in [5, 5.41) is 11.4. The topological polar surface area (TPSA) is 99.6 Å². The molecule has 0 amide bonds. The van der Waals surface area contributed by atoms with Gasteiger partial charge in [0.25, 0.3) is 11.2 Å². The van der Waals surface area contributed by atoms with Crippen molar-refractivity contribution in [2.75, 3.05) is 18.0 Å². The van der Waals surface area contributed by atoms with Gasteiger partial charge < -0.3 is 9.64 Å². The van der Waals surface area contributed by atoms with Crippen molar-refractivity contribution in [3.8, 4) is 5.88 Å². The molecule has 2 aromatic rings. The number of nitrogens with zero attached hydrogens (tertiary/aromatic N) is 4. The van der Waals surface area contributed by atoms with Crippen molar-refractivity contribution in [2.24, 2.45) is 25.9 Å². The number of aromatic nitrogens is 2. The molecule has 1 unspecified atom stereocenters. The van der Waals surface area contributed by atoms with Crippen LogP contribution in [0.5, 0.6) is 5.88 Å². The summed E-state index contributed by atoms with van der Waals surface area (Å²) in [6, 6.07) is 4.68. The first-order chi connectivity index (χ1) is 14.0. The average molecular weight is 416 g/mol. The van der Waals surface area contributed by atoms with E-state index < -0.39 is 22.3 Å². The Kier molecular flexibility index (Phi) is 5.74. The van der Waals surface area contributed by atoms with Crippen molar-refractivity contribution >= 4 is 11.4 Å². The fourth-order valence-corrected chi connectivity index (χ4v) is 3.86. The van der Waals surface area contributed by atoms with Gasteiger partial charge in [0.1, 0.15) is 5.56 Å². The molecule has 0 N–H and O–H groups in total. The summed E-state index contributed by atoms with van der Waals surface area (Å²) in [5.74, 6) is 0.954. The lowest BCUT2D eigenvalue weighted by atomic mass is 9.95. The van der Waals surface area contributed by atoms with E-state index in [2.05, 4.69) is 32.6 Å². The van der Waals surface area contributed by atoms with E-state index in [0.29, 0.717) is 23.0 Å². The molecule has 0 radical (unpaired) electrons. The van der Waals surface area contributed by atoms with Gasteiger partial charge in [-0.2, -0.15) is 0 Å².